The number of rotatable bonds is 4. The molecule has 1 aromatic heterocycles. The maximum absolute atomic E-state index is 10.1. The Morgan fingerprint density at radius 3 is 2.61 bits per heavy atom. The molecule has 0 spiro atoms. The summed E-state index contributed by atoms with van der Waals surface area (Å²) in [4.78, 5) is 0. The summed E-state index contributed by atoms with van der Waals surface area (Å²) < 4.78 is 19.2. The van der Waals surface area contributed by atoms with Gasteiger partial charge < -0.3 is 24.4 Å². The Morgan fingerprint density at radius 2 is 2.04 bits per heavy atom. The van der Waals surface area contributed by atoms with Crippen LogP contribution in [-0.4, -0.2) is 70.3 Å². The van der Waals surface area contributed by atoms with Crippen LogP contribution in [0.15, 0.2) is 6.20 Å². The number of hydrogen-bond acceptors (Lipinski definition) is 7. The Morgan fingerprint density at radius 1 is 1.35 bits per heavy atom. The Bertz CT molecular complexity index is 573. The van der Waals surface area contributed by atoms with E-state index in [0.717, 1.165) is 5.32 Å². The number of ether oxygens (including phenoxy) is 3. The first-order valence-corrected chi connectivity index (χ1v) is 11.3. The van der Waals surface area contributed by atoms with Crippen LogP contribution in [0.4, 0.5) is 0 Å². The first kappa shape index (κ1) is 17.0. The molecule has 8 nitrogen and oxygen atoms in total. The lowest BCUT2D eigenvalue weighted by Crippen LogP contribution is -2.41. The van der Waals surface area contributed by atoms with E-state index < -0.39 is 51.1 Å². The normalized spacial score (nSPS) is 34.6. The van der Waals surface area contributed by atoms with Crippen LogP contribution in [0.2, 0.25) is 19.6 Å². The van der Waals surface area contributed by atoms with Gasteiger partial charge in [-0.1, -0.05) is 24.9 Å². The summed E-state index contributed by atoms with van der Waals surface area (Å²) >= 11 is 0. The van der Waals surface area contributed by atoms with E-state index in [1.165, 1.54) is 0 Å². The highest BCUT2D eigenvalue weighted by molar-refractivity contribution is 6.88. The van der Waals surface area contributed by atoms with Crippen molar-refractivity contribution < 1.29 is 24.4 Å². The van der Waals surface area contributed by atoms with Gasteiger partial charge in [0.25, 0.3) is 0 Å². The van der Waals surface area contributed by atoms with Crippen LogP contribution in [-0.2, 0) is 14.2 Å². The van der Waals surface area contributed by atoms with Gasteiger partial charge in [-0.25, -0.2) is 4.68 Å². The predicted octanol–water partition coefficient (Wildman–Crippen LogP) is -0.406. The van der Waals surface area contributed by atoms with Gasteiger partial charge in [-0.2, -0.15) is 0 Å². The van der Waals surface area contributed by atoms with E-state index >= 15 is 0 Å². The van der Waals surface area contributed by atoms with E-state index in [0.29, 0.717) is 0 Å². The van der Waals surface area contributed by atoms with Crippen LogP contribution in [0.5, 0.6) is 0 Å². The SMILES string of the molecule is CC1(C)O[C@H]2O[C@H]([C@H](O)CO)[C@H](n3cc([Si](C)(C)C)nn3)[C@H]2O1. The summed E-state index contributed by atoms with van der Waals surface area (Å²) in [6, 6.07) is -0.401. The van der Waals surface area contributed by atoms with Crippen molar-refractivity contribution in [1.29, 1.82) is 0 Å². The average molecular weight is 343 g/mol. The van der Waals surface area contributed by atoms with E-state index in [2.05, 4.69) is 30.0 Å². The molecular formula is C14H25N3O5Si. The average Bonchev–Trinajstić information content (AvgIpc) is 3.08. The van der Waals surface area contributed by atoms with Gasteiger partial charge in [0.1, 0.15) is 32.4 Å². The van der Waals surface area contributed by atoms with Crippen molar-refractivity contribution >= 4 is 13.4 Å². The number of fused-ring (bicyclic) bond motifs is 1. The van der Waals surface area contributed by atoms with Crippen molar-refractivity contribution in [1.82, 2.24) is 15.0 Å². The second kappa shape index (κ2) is 5.61. The Hall–Kier alpha value is -0.843. The first-order valence-electron chi connectivity index (χ1n) is 7.85. The van der Waals surface area contributed by atoms with Gasteiger partial charge >= 0.3 is 0 Å². The standard InChI is InChI=1S/C14H25N3O5Si/c1-14(2)21-12-10(11(8(19)7-18)20-13(12)22-14)17-6-9(15-16-17)23(3,4)5/h6,8,10-13,18-19H,7H2,1-5H3/t8-,10+,11-,12-,13-/m1/s1. The van der Waals surface area contributed by atoms with Gasteiger partial charge in [0, 0.05) is 6.20 Å². The topological polar surface area (TPSA) is 98.9 Å². The molecule has 3 heterocycles. The van der Waals surface area contributed by atoms with Crippen LogP contribution in [0, 0.1) is 0 Å². The maximum atomic E-state index is 10.1. The van der Waals surface area contributed by atoms with Gasteiger partial charge in [-0.15, -0.1) is 5.10 Å². The number of hydrogen-bond donors (Lipinski definition) is 2. The first-order chi connectivity index (χ1) is 10.6. The third-order valence-corrected chi connectivity index (χ3v) is 5.97. The molecule has 9 heteroatoms. The molecule has 5 atom stereocenters. The minimum atomic E-state index is -1.60. The van der Waals surface area contributed by atoms with Crippen molar-refractivity contribution in [3.8, 4) is 0 Å². The molecular weight excluding hydrogens is 318 g/mol. The number of nitrogens with zero attached hydrogens (tertiary/aromatic N) is 3. The van der Waals surface area contributed by atoms with Gasteiger partial charge in [0.05, 0.1) is 11.9 Å². The largest absolute Gasteiger partial charge is 0.394 e. The molecule has 0 bridgehead atoms. The fourth-order valence-corrected chi connectivity index (χ4v) is 3.87. The highest BCUT2D eigenvalue weighted by Crippen LogP contribution is 2.43. The van der Waals surface area contributed by atoms with Crippen LogP contribution >= 0.6 is 0 Å². The third-order valence-electron chi connectivity index (χ3n) is 4.20. The van der Waals surface area contributed by atoms with Gasteiger partial charge in [-0.3, -0.25) is 0 Å². The lowest BCUT2D eigenvalue weighted by atomic mass is 10.0. The van der Waals surface area contributed by atoms with Crippen LogP contribution in [0.3, 0.4) is 0 Å². The molecule has 3 rings (SSSR count). The number of aliphatic hydroxyl groups is 2. The van der Waals surface area contributed by atoms with E-state index in [1.807, 2.05) is 20.0 Å². The summed E-state index contributed by atoms with van der Waals surface area (Å²) in [5.41, 5.74) is 0. The van der Waals surface area contributed by atoms with Crippen molar-refractivity contribution in [3.05, 3.63) is 6.20 Å². The fourth-order valence-electron chi connectivity index (χ4n) is 3.01. The second-order valence-electron chi connectivity index (χ2n) is 7.64. The van der Waals surface area contributed by atoms with Crippen LogP contribution in [0.25, 0.3) is 0 Å². The van der Waals surface area contributed by atoms with E-state index in [4.69, 9.17) is 14.2 Å². The summed E-state index contributed by atoms with van der Waals surface area (Å²) in [5.74, 6) is -0.759. The number of aromatic nitrogens is 3. The minimum absolute atomic E-state index is 0.401. The maximum Gasteiger partial charge on any atom is 0.189 e. The van der Waals surface area contributed by atoms with Gasteiger partial charge in [0.15, 0.2) is 12.1 Å². The number of aliphatic hydroxyl groups excluding tert-OH is 2. The molecule has 2 fully saturated rings. The molecule has 0 aliphatic carbocycles. The molecule has 0 amide bonds. The smallest absolute Gasteiger partial charge is 0.189 e. The van der Waals surface area contributed by atoms with Crippen LogP contribution in [0.1, 0.15) is 19.9 Å². The van der Waals surface area contributed by atoms with E-state index in [-0.39, 0.29) is 0 Å². The molecule has 2 N–H and O–H groups in total. The van der Waals surface area contributed by atoms with Crippen molar-refractivity contribution in [3.63, 3.8) is 0 Å². The molecule has 0 radical (unpaired) electrons. The zero-order chi connectivity index (χ0) is 17.0. The van der Waals surface area contributed by atoms with Crippen molar-refractivity contribution in [2.45, 2.75) is 69.9 Å². The van der Waals surface area contributed by atoms with Gasteiger partial charge in [-0.05, 0) is 13.8 Å². The zero-order valence-corrected chi connectivity index (χ0v) is 15.1. The minimum Gasteiger partial charge on any atom is -0.394 e. The van der Waals surface area contributed by atoms with E-state index in [9.17, 15) is 10.2 Å². The molecule has 2 aliphatic heterocycles. The molecule has 0 unspecified atom stereocenters. The monoisotopic (exact) mass is 343 g/mol. The summed E-state index contributed by atoms with van der Waals surface area (Å²) in [6.45, 7) is 9.80. The molecule has 2 aliphatic rings. The highest BCUT2D eigenvalue weighted by Gasteiger charge is 2.57. The summed E-state index contributed by atoms with van der Waals surface area (Å²) in [6.07, 6.45) is -0.815. The highest BCUT2D eigenvalue weighted by atomic mass is 28.3. The zero-order valence-electron chi connectivity index (χ0n) is 14.1. The molecule has 23 heavy (non-hydrogen) atoms. The Labute approximate surface area is 136 Å². The molecule has 0 aromatic carbocycles. The molecule has 2 saturated heterocycles. The second-order valence-corrected chi connectivity index (χ2v) is 12.7. The molecule has 1 aromatic rings. The summed E-state index contributed by atoms with van der Waals surface area (Å²) in [5, 5.41) is 28.9. The third kappa shape index (κ3) is 3.09. The van der Waals surface area contributed by atoms with Crippen molar-refractivity contribution in [2.24, 2.45) is 0 Å². The van der Waals surface area contributed by atoms with Crippen LogP contribution < -0.4 is 5.32 Å². The Kier molecular flexibility index (Phi) is 4.14. The lowest BCUT2D eigenvalue weighted by molar-refractivity contribution is -0.221. The molecule has 0 saturated carbocycles. The fraction of sp³-hybridized carbons (Fsp3) is 0.857. The summed E-state index contributed by atoms with van der Waals surface area (Å²) in [7, 11) is -1.60. The predicted molar refractivity (Wildman–Crippen MR) is 83.8 cm³/mol. The van der Waals surface area contributed by atoms with Gasteiger partial charge in [0.2, 0.25) is 0 Å². The molecule has 130 valence electrons. The van der Waals surface area contributed by atoms with Crippen molar-refractivity contribution in [2.75, 3.05) is 6.61 Å². The quantitative estimate of drug-likeness (QED) is 0.717. The van der Waals surface area contributed by atoms with E-state index in [1.54, 1.807) is 4.68 Å². The Balaban J connectivity index is 1.93. The lowest BCUT2D eigenvalue weighted by Gasteiger charge is -2.27.